The molecule has 0 saturated carbocycles. The van der Waals surface area contributed by atoms with Crippen molar-refractivity contribution in [1.29, 1.82) is 0 Å². The minimum atomic E-state index is -1.12. The predicted molar refractivity (Wildman–Crippen MR) is 88.6 cm³/mol. The van der Waals surface area contributed by atoms with Gasteiger partial charge in [0.1, 0.15) is 17.2 Å². The van der Waals surface area contributed by atoms with Crippen LogP contribution < -0.4 is 22.0 Å². The summed E-state index contributed by atoms with van der Waals surface area (Å²) in [5, 5.41) is 11.4. The lowest BCUT2D eigenvalue weighted by atomic mass is 10.2. The number of anilines is 2. The smallest absolute Gasteiger partial charge is 0.332 e. The van der Waals surface area contributed by atoms with E-state index < -0.39 is 28.5 Å². The van der Waals surface area contributed by atoms with Gasteiger partial charge in [0.25, 0.3) is 11.5 Å². The molecule has 0 aliphatic heterocycles. The maximum Gasteiger partial charge on any atom is 0.332 e. The maximum absolute atomic E-state index is 14.0. The highest BCUT2D eigenvalue weighted by Gasteiger charge is 2.22. The third-order valence-corrected chi connectivity index (χ3v) is 3.85. The highest BCUT2D eigenvalue weighted by atomic mass is 127. The highest BCUT2D eigenvalue weighted by molar-refractivity contribution is 14.1. The lowest BCUT2D eigenvalue weighted by molar-refractivity contribution is 0.0704. The highest BCUT2D eigenvalue weighted by Crippen LogP contribution is 2.22. The van der Waals surface area contributed by atoms with E-state index in [1.165, 1.54) is 31.7 Å². The van der Waals surface area contributed by atoms with Crippen molar-refractivity contribution in [3.63, 3.8) is 0 Å². The van der Waals surface area contributed by atoms with Crippen LogP contribution in [0.4, 0.5) is 15.9 Å². The molecule has 0 fully saturated rings. The predicted octanol–water partition coefficient (Wildman–Crippen LogP) is 0.690. The normalized spacial score (nSPS) is 10.5. The van der Waals surface area contributed by atoms with E-state index in [0.717, 1.165) is 4.57 Å². The fraction of sp³-hybridized carbons (Fsp3) is 0.154. The molecule has 8 nitrogen and oxygen atoms in total. The van der Waals surface area contributed by atoms with Gasteiger partial charge in [-0.25, -0.2) is 14.7 Å². The second kappa shape index (κ2) is 6.50. The minimum Gasteiger partial charge on any atom is -0.338 e. The fourth-order valence-electron chi connectivity index (χ4n) is 1.97. The first kappa shape index (κ1) is 17.1. The van der Waals surface area contributed by atoms with Crippen LogP contribution in [0.25, 0.3) is 0 Å². The molecule has 2 aromatic rings. The second-order valence-corrected chi connectivity index (χ2v) is 5.87. The summed E-state index contributed by atoms with van der Waals surface area (Å²) in [6.45, 7) is 0. The van der Waals surface area contributed by atoms with Crippen molar-refractivity contribution in [2.24, 2.45) is 14.1 Å². The summed E-state index contributed by atoms with van der Waals surface area (Å²) in [5.74, 6) is -1.97. The van der Waals surface area contributed by atoms with E-state index in [1.54, 1.807) is 6.07 Å². The van der Waals surface area contributed by atoms with Crippen LogP contribution in [0.5, 0.6) is 0 Å². The topological polar surface area (TPSA) is 105 Å². The standard InChI is InChI=1S/C13H12FIN4O4/c1-18-10(16-8-4-3-6(15)5-7(8)14)9(11(20)17-23)12(21)19(2)13(18)22/h3-5,16,23H,1-2H3,(H,17,20). The summed E-state index contributed by atoms with van der Waals surface area (Å²) in [7, 11) is 2.50. The number of benzene rings is 1. The molecule has 0 bridgehead atoms. The number of hydroxylamine groups is 1. The van der Waals surface area contributed by atoms with Gasteiger partial charge in [-0.15, -0.1) is 0 Å². The Balaban J connectivity index is 2.72. The fourth-order valence-corrected chi connectivity index (χ4v) is 2.42. The van der Waals surface area contributed by atoms with E-state index in [1.807, 2.05) is 22.6 Å². The molecule has 0 radical (unpaired) electrons. The van der Waals surface area contributed by atoms with Crippen molar-refractivity contribution >= 4 is 40.0 Å². The number of rotatable bonds is 3. The molecule has 1 aromatic heterocycles. The largest absolute Gasteiger partial charge is 0.338 e. The lowest BCUT2D eigenvalue weighted by Gasteiger charge is -2.16. The Labute approximate surface area is 142 Å². The summed E-state index contributed by atoms with van der Waals surface area (Å²) >= 11 is 1.92. The molecular formula is C13H12FIN4O4. The van der Waals surface area contributed by atoms with Crippen molar-refractivity contribution < 1.29 is 14.4 Å². The van der Waals surface area contributed by atoms with Crippen LogP contribution in [0.3, 0.4) is 0 Å². The van der Waals surface area contributed by atoms with Crippen LogP contribution in [0.2, 0.25) is 0 Å². The Bertz CT molecular complexity index is 906. The van der Waals surface area contributed by atoms with Gasteiger partial charge in [0, 0.05) is 17.7 Å². The Kier molecular flexibility index (Phi) is 4.85. The molecule has 1 amide bonds. The Morgan fingerprint density at radius 2 is 1.91 bits per heavy atom. The SMILES string of the molecule is Cn1c(Nc2ccc(I)cc2F)c(C(=O)NO)c(=O)n(C)c1=O. The number of halogens is 2. The molecule has 1 heterocycles. The molecule has 0 saturated heterocycles. The van der Waals surface area contributed by atoms with Gasteiger partial charge in [0.15, 0.2) is 0 Å². The molecule has 23 heavy (non-hydrogen) atoms. The molecule has 1 aromatic carbocycles. The monoisotopic (exact) mass is 434 g/mol. The van der Waals surface area contributed by atoms with Crippen molar-refractivity contribution in [2.75, 3.05) is 5.32 Å². The molecule has 0 atom stereocenters. The third-order valence-electron chi connectivity index (χ3n) is 3.18. The average molecular weight is 434 g/mol. The zero-order valence-electron chi connectivity index (χ0n) is 12.1. The second-order valence-electron chi connectivity index (χ2n) is 4.62. The number of nitrogens with one attached hydrogen (secondary N) is 2. The molecule has 122 valence electrons. The van der Waals surface area contributed by atoms with Crippen molar-refractivity contribution in [3.05, 3.63) is 54.0 Å². The van der Waals surface area contributed by atoms with Gasteiger partial charge < -0.3 is 5.32 Å². The quantitative estimate of drug-likeness (QED) is 0.375. The molecule has 0 spiro atoms. The summed E-state index contributed by atoms with van der Waals surface area (Å²) < 4.78 is 16.3. The molecule has 0 unspecified atom stereocenters. The third kappa shape index (κ3) is 3.12. The molecule has 0 aliphatic carbocycles. The van der Waals surface area contributed by atoms with Crippen LogP contribution in [0, 0.1) is 9.39 Å². The van der Waals surface area contributed by atoms with Crippen LogP contribution >= 0.6 is 22.6 Å². The van der Waals surface area contributed by atoms with E-state index in [2.05, 4.69) is 5.32 Å². The summed E-state index contributed by atoms with van der Waals surface area (Å²) in [4.78, 5) is 35.9. The number of carbonyl (C=O) groups is 1. The maximum atomic E-state index is 14.0. The zero-order chi connectivity index (χ0) is 17.3. The van der Waals surface area contributed by atoms with Gasteiger partial charge in [-0.3, -0.25) is 23.9 Å². The number of carbonyl (C=O) groups excluding carboxylic acids is 1. The average Bonchev–Trinajstić information content (AvgIpc) is 2.52. The van der Waals surface area contributed by atoms with Crippen LogP contribution in [-0.4, -0.2) is 20.2 Å². The number of hydrogen-bond acceptors (Lipinski definition) is 5. The Morgan fingerprint density at radius 3 is 2.48 bits per heavy atom. The molecule has 2 rings (SSSR count). The lowest BCUT2D eigenvalue weighted by Crippen LogP contribution is -2.43. The summed E-state index contributed by atoms with van der Waals surface area (Å²) in [5.41, 5.74) is -0.836. The number of nitrogens with zero attached hydrogens (tertiary/aromatic N) is 2. The van der Waals surface area contributed by atoms with Crippen molar-refractivity contribution in [2.45, 2.75) is 0 Å². The van der Waals surface area contributed by atoms with E-state index in [-0.39, 0.29) is 11.5 Å². The Hall–Kier alpha value is -2.21. The van der Waals surface area contributed by atoms with E-state index in [0.29, 0.717) is 8.14 Å². The summed E-state index contributed by atoms with van der Waals surface area (Å²) in [6, 6.07) is 4.25. The van der Waals surface area contributed by atoms with E-state index >= 15 is 0 Å². The zero-order valence-corrected chi connectivity index (χ0v) is 14.2. The molecule has 0 aliphatic rings. The van der Waals surface area contributed by atoms with E-state index in [9.17, 15) is 18.8 Å². The first-order valence-electron chi connectivity index (χ1n) is 6.24. The number of hydrogen-bond donors (Lipinski definition) is 3. The minimum absolute atomic E-state index is 0.0272. The van der Waals surface area contributed by atoms with Gasteiger partial charge in [-0.1, -0.05) is 0 Å². The van der Waals surface area contributed by atoms with Gasteiger partial charge in [-0.2, -0.15) is 0 Å². The van der Waals surface area contributed by atoms with Gasteiger partial charge >= 0.3 is 5.69 Å². The van der Waals surface area contributed by atoms with Gasteiger partial charge in [-0.05, 0) is 40.8 Å². The summed E-state index contributed by atoms with van der Waals surface area (Å²) in [6.07, 6.45) is 0. The number of aromatic nitrogens is 2. The van der Waals surface area contributed by atoms with Crippen molar-refractivity contribution in [3.8, 4) is 0 Å². The first-order valence-corrected chi connectivity index (χ1v) is 7.32. The van der Waals surface area contributed by atoms with Crippen LogP contribution in [0.15, 0.2) is 27.8 Å². The molecule has 10 heteroatoms. The number of amides is 1. The van der Waals surface area contributed by atoms with Crippen molar-refractivity contribution in [1.82, 2.24) is 14.6 Å². The van der Waals surface area contributed by atoms with Crippen LogP contribution in [-0.2, 0) is 14.1 Å². The van der Waals surface area contributed by atoms with Crippen LogP contribution in [0.1, 0.15) is 10.4 Å². The van der Waals surface area contributed by atoms with Gasteiger partial charge in [0.05, 0.1) is 5.69 Å². The van der Waals surface area contributed by atoms with E-state index in [4.69, 9.17) is 5.21 Å². The van der Waals surface area contributed by atoms with Gasteiger partial charge in [0.2, 0.25) is 0 Å². The molecule has 3 N–H and O–H groups in total. The molecular weight excluding hydrogens is 422 g/mol. The Morgan fingerprint density at radius 1 is 1.26 bits per heavy atom. The first-order chi connectivity index (χ1) is 10.8.